The standard InChI is InChI=1S/C17H12FN3O2/c1-2-13-15(21-6-4-3-5-14(21)20-13)17(23)10-7-11(9-19)16(22)12(18)8-10/h3-8,22H,2H2,1H3. The third-order valence-electron chi connectivity index (χ3n) is 3.60. The van der Waals surface area contributed by atoms with E-state index in [-0.39, 0.29) is 11.1 Å². The van der Waals surface area contributed by atoms with Crippen LogP contribution in [0.4, 0.5) is 4.39 Å². The van der Waals surface area contributed by atoms with Gasteiger partial charge < -0.3 is 5.11 Å². The SMILES string of the molecule is CCc1nc2ccccn2c1C(=O)c1cc(F)c(O)c(C#N)c1. The van der Waals surface area contributed by atoms with Gasteiger partial charge >= 0.3 is 0 Å². The highest BCUT2D eigenvalue weighted by atomic mass is 19.1. The second-order valence-corrected chi connectivity index (χ2v) is 4.98. The van der Waals surface area contributed by atoms with E-state index in [4.69, 9.17) is 5.26 Å². The van der Waals surface area contributed by atoms with Gasteiger partial charge in [0.15, 0.2) is 11.6 Å². The number of carbonyl (C=O) groups is 1. The van der Waals surface area contributed by atoms with Crippen molar-refractivity contribution in [1.82, 2.24) is 9.38 Å². The van der Waals surface area contributed by atoms with Crippen LogP contribution >= 0.6 is 0 Å². The van der Waals surface area contributed by atoms with E-state index in [2.05, 4.69) is 4.98 Å². The number of benzene rings is 1. The number of nitriles is 1. The smallest absolute Gasteiger partial charge is 0.211 e. The van der Waals surface area contributed by atoms with Crippen molar-refractivity contribution in [3.8, 4) is 11.8 Å². The molecule has 0 aliphatic carbocycles. The summed E-state index contributed by atoms with van der Waals surface area (Å²) in [4.78, 5) is 17.2. The zero-order chi connectivity index (χ0) is 16.6. The summed E-state index contributed by atoms with van der Waals surface area (Å²) in [5, 5.41) is 18.4. The molecule has 0 amide bonds. The molecule has 2 heterocycles. The number of carbonyl (C=O) groups excluding carboxylic acids is 1. The molecule has 0 radical (unpaired) electrons. The Balaban J connectivity index is 2.22. The van der Waals surface area contributed by atoms with Crippen molar-refractivity contribution < 1.29 is 14.3 Å². The number of nitrogens with zero attached hydrogens (tertiary/aromatic N) is 3. The minimum absolute atomic E-state index is 0.00259. The molecule has 0 aliphatic rings. The lowest BCUT2D eigenvalue weighted by molar-refractivity contribution is 0.103. The number of fused-ring (bicyclic) bond motifs is 1. The second kappa shape index (κ2) is 5.54. The Hall–Kier alpha value is -3.20. The molecule has 0 bridgehead atoms. The summed E-state index contributed by atoms with van der Waals surface area (Å²) in [6, 6.07) is 9.14. The number of halogens is 1. The Morgan fingerprint density at radius 1 is 1.43 bits per heavy atom. The number of hydrogen-bond donors (Lipinski definition) is 1. The minimum atomic E-state index is -1.00. The van der Waals surface area contributed by atoms with Crippen molar-refractivity contribution in [2.45, 2.75) is 13.3 Å². The zero-order valence-electron chi connectivity index (χ0n) is 12.2. The van der Waals surface area contributed by atoms with Crippen LogP contribution < -0.4 is 0 Å². The summed E-state index contributed by atoms with van der Waals surface area (Å²) in [7, 11) is 0. The molecule has 0 spiro atoms. The first-order valence-corrected chi connectivity index (χ1v) is 7.00. The molecule has 3 rings (SSSR count). The Bertz CT molecular complexity index is 970. The van der Waals surface area contributed by atoms with Crippen LogP contribution in [0.25, 0.3) is 5.65 Å². The Morgan fingerprint density at radius 2 is 2.22 bits per heavy atom. The normalized spacial score (nSPS) is 10.7. The molecular formula is C17H12FN3O2. The van der Waals surface area contributed by atoms with Gasteiger partial charge in [-0.2, -0.15) is 5.26 Å². The molecule has 0 atom stereocenters. The van der Waals surface area contributed by atoms with Crippen LogP contribution in [0.1, 0.15) is 34.2 Å². The van der Waals surface area contributed by atoms with Gasteiger partial charge in [-0.3, -0.25) is 9.20 Å². The number of aromatic hydroxyl groups is 1. The summed E-state index contributed by atoms with van der Waals surface area (Å²) < 4.78 is 15.4. The van der Waals surface area contributed by atoms with Crippen LogP contribution in [-0.4, -0.2) is 20.3 Å². The maximum atomic E-state index is 13.7. The van der Waals surface area contributed by atoms with E-state index in [1.54, 1.807) is 28.8 Å². The van der Waals surface area contributed by atoms with Crippen molar-refractivity contribution >= 4 is 11.4 Å². The lowest BCUT2D eigenvalue weighted by Gasteiger charge is -2.06. The minimum Gasteiger partial charge on any atom is -0.504 e. The van der Waals surface area contributed by atoms with Crippen LogP contribution in [0.3, 0.4) is 0 Å². The lowest BCUT2D eigenvalue weighted by atomic mass is 10.0. The number of pyridine rings is 1. The maximum absolute atomic E-state index is 13.7. The van der Waals surface area contributed by atoms with Crippen molar-refractivity contribution in [1.29, 1.82) is 5.26 Å². The van der Waals surface area contributed by atoms with Gasteiger partial charge in [-0.05, 0) is 30.7 Å². The first-order chi connectivity index (χ1) is 11.1. The average molecular weight is 309 g/mol. The molecule has 3 aromatic rings. The first-order valence-electron chi connectivity index (χ1n) is 7.00. The first kappa shape index (κ1) is 14.7. The monoisotopic (exact) mass is 309 g/mol. The number of phenols is 1. The molecule has 114 valence electrons. The number of phenolic OH excluding ortho intramolecular Hbond substituents is 1. The molecule has 0 saturated carbocycles. The van der Waals surface area contributed by atoms with Gasteiger partial charge in [-0.15, -0.1) is 0 Å². The van der Waals surface area contributed by atoms with Crippen LogP contribution in [0.5, 0.6) is 5.75 Å². The quantitative estimate of drug-likeness (QED) is 0.755. The summed E-state index contributed by atoms with van der Waals surface area (Å²) in [5.41, 5.74) is 1.26. The highest BCUT2D eigenvalue weighted by Crippen LogP contribution is 2.25. The van der Waals surface area contributed by atoms with E-state index >= 15 is 0 Å². The van der Waals surface area contributed by atoms with Crippen LogP contribution in [-0.2, 0) is 6.42 Å². The topological polar surface area (TPSA) is 78.4 Å². The van der Waals surface area contributed by atoms with Gasteiger partial charge in [0.25, 0.3) is 0 Å². The fourth-order valence-electron chi connectivity index (χ4n) is 2.48. The van der Waals surface area contributed by atoms with Crippen LogP contribution in [0, 0.1) is 17.1 Å². The Labute approximate surface area is 131 Å². The van der Waals surface area contributed by atoms with E-state index < -0.39 is 17.3 Å². The molecule has 6 heteroatoms. The van der Waals surface area contributed by atoms with Crippen molar-refractivity contribution in [3.05, 3.63) is 64.9 Å². The highest BCUT2D eigenvalue weighted by Gasteiger charge is 2.22. The van der Waals surface area contributed by atoms with Crippen molar-refractivity contribution in [2.24, 2.45) is 0 Å². The van der Waals surface area contributed by atoms with E-state index in [1.165, 1.54) is 6.07 Å². The predicted octanol–water partition coefficient (Wildman–Crippen LogP) is 2.84. The van der Waals surface area contributed by atoms with Crippen LogP contribution in [0.15, 0.2) is 36.5 Å². The molecule has 23 heavy (non-hydrogen) atoms. The summed E-state index contributed by atoms with van der Waals surface area (Å²) in [6.45, 7) is 1.87. The third kappa shape index (κ3) is 2.32. The van der Waals surface area contributed by atoms with Gasteiger partial charge in [0.2, 0.25) is 5.78 Å². The van der Waals surface area contributed by atoms with Crippen molar-refractivity contribution in [2.75, 3.05) is 0 Å². The van der Waals surface area contributed by atoms with Gasteiger partial charge in [0.05, 0.1) is 11.3 Å². The molecule has 1 N–H and O–H groups in total. The summed E-state index contributed by atoms with van der Waals surface area (Å²) in [6.07, 6.45) is 2.24. The van der Waals surface area contributed by atoms with Gasteiger partial charge in [-0.1, -0.05) is 13.0 Å². The van der Waals surface area contributed by atoms with E-state index in [0.29, 0.717) is 23.5 Å². The predicted molar refractivity (Wildman–Crippen MR) is 80.8 cm³/mol. The fourth-order valence-corrected chi connectivity index (χ4v) is 2.48. The summed E-state index contributed by atoms with van der Waals surface area (Å²) >= 11 is 0. The van der Waals surface area contributed by atoms with Gasteiger partial charge in [0.1, 0.15) is 17.4 Å². The van der Waals surface area contributed by atoms with Crippen molar-refractivity contribution in [3.63, 3.8) is 0 Å². The molecule has 5 nitrogen and oxygen atoms in total. The van der Waals surface area contributed by atoms with E-state index in [9.17, 15) is 14.3 Å². The van der Waals surface area contributed by atoms with Crippen LogP contribution in [0.2, 0.25) is 0 Å². The molecule has 0 unspecified atom stereocenters. The lowest BCUT2D eigenvalue weighted by Crippen LogP contribution is -2.09. The fraction of sp³-hybridized carbons (Fsp3) is 0.118. The van der Waals surface area contributed by atoms with Gasteiger partial charge in [0, 0.05) is 11.8 Å². The number of rotatable bonds is 3. The number of aryl methyl sites for hydroxylation is 1. The molecule has 2 aromatic heterocycles. The zero-order valence-corrected chi connectivity index (χ0v) is 12.2. The molecule has 0 aliphatic heterocycles. The maximum Gasteiger partial charge on any atom is 0.211 e. The van der Waals surface area contributed by atoms with E-state index in [1.807, 2.05) is 13.0 Å². The number of imidazole rings is 1. The Morgan fingerprint density at radius 3 is 2.91 bits per heavy atom. The van der Waals surface area contributed by atoms with Gasteiger partial charge in [-0.25, -0.2) is 9.37 Å². The largest absolute Gasteiger partial charge is 0.504 e. The number of hydrogen-bond acceptors (Lipinski definition) is 4. The third-order valence-corrected chi connectivity index (χ3v) is 3.60. The highest BCUT2D eigenvalue weighted by molar-refractivity contribution is 6.09. The molecule has 0 saturated heterocycles. The summed E-state index contributed by atoms with van der Waals surface area (Å²) in [5.74, 6) is -2.20. The molecular weight excluding hydrogens is 297 g/mol. The number of ketones is 1. The average Bonchev–Trinajstić information content (AvgIpc) is 2.95. The van der Waals surface area contributed by atoms with E-state index in [0.717, 1.165) is 6.07 Å². The second-order valence-electron chi connectivity index (χ2n) is 4.98. The Kier molecular flexibility index (Phi) is 3.54. The molecule has 0 fully saturated rings. The number of aromatic nitrogens is 2. The molecule has 1 aromatic carbocycles.